The number of hydrogen-bond donors (Lipinski definition) is 1. The molecule has 1 saturated carbocycles. The van der Waals surface area contributed by atoms with Gasteiger partial charge in [0.05, 0.1) is 5.69 Å². The van der Waals surface area contributed by atoms with Crippen molar-refractivity contribution in [2.45, 2.75) is 39.7 Å². The highest BCUT2D eigenvalue weighted by molar-refractivity contribution is 5.42. The van der Waals surface area contributed by atoms with Crippen LogP contribution in [0.4, 0.5) is 5.82 Å². The maximum atomic E-state index is 6.07. The second kappa shape index (κ2) is 5.08. The minimum atomic E-state index is 0.819. The lowest BCUT2D eigenvalue weighted by Gasteiger charge is -2.21. The fourth-order valence-corrected chi connectivity index (χ4v) is 2.36. The normalized spacial score (nSPS) is 15.8. The van der Waals surface area contributed by atoms with E-state index in [1.54, 1.807) is 4.68 Å². The van der Waals surface area contributed by atoms with Crippen molar-refractivity contribution in [1.29, 1.82) is 0 Å². The van der Waals surface area contributed by atoms with Gasteiger partial charge in [-0.3, -0.25) is 9.58 Å². The van der Waals surface area contributed by atoms with Gasteiger partial charge >= 0.3 is 0 Å². The van der Waals surface area contributed by atoms with E-state index in [0.717, 1.165) is 30.5 Å². The zero-order valence-electron chi connectivity index (χ0n) is 11.2. The molecule has 1 heterocycles. The Morgan fingerprint density at radius 1 is 1.47 bits per heavy atom. The number of rotatable bonds is 6. The summed E-state index contributed by atoms with van der Waals surface area (Å²) in [4.78, 5) is 2.53. The fraction of sp³-hybridized carbons (Fsp3) is 0.769. The van der Waals surface area contributed by atoms with Crippen molar-refractivity contribution < 1.29 is 0 Å². The lowest BCUT2D eigenvalue weighted by Crippen LogP contribution is -2.27. The van der Waals surface area contributed by atoms with Crippen LogP contribution in [0.2, 0.25) is 0 Å². The number of hydrogen-bond acceptors (Lipinski definition) is 3. The van der Waals surface area contributed by atoms with E-state index in [0.29, 0.717) is 0 Å². The maximum Gasteiger partial charge on any atom is 0.126 e. The molecule has 1 aliphatic rings. The summed E-state index contributed by atoms with van der Waals surface area (Å²) >= 11 is 0. The van der Waals surface area contributed by atoms with E-state index in [-0.39, 0.29) is 0 Å². The Kier molecular flexibility index (Phi) is 3.72. The average Bonchev–Trinajstić information content (AvgIpc) is 3.04. The van der Waals surface area contributed by atoms with E-state index >= 15 is 0 Å². The number of nitrogens with zero attached hydrogens (tertiary/aromatic N) is 3. The average molecular weight is 236 g/mol. The van der Waals surface area contributed by atoms with Crippen molar-refractivity contribution in [1.82, 2.24) is 14.7 Å². The van der Waals surface area contributed by atoms with Crippen LogP contribution in [0.3, 0.4) is 0 Å². The highest BCUT2D eigenvalue weighted by atomic mass is 15.3. The Morgan fingerprint density at radius 2 is 2.18 bits per heavy atom. The highest BCUT2D eigenvalue weighted by Crippen LogP contribution is 2.30. The van der Waals surface area contributed by atoms with Crippen molar-refractivity contribution in [2.75, 3.05) is 18.8 Å². The fourth-order valence-electron chi connectivity index (χ4n) is 2.36. The van der Waals surface area contributed by atoms with Gasteiger partial charge in [-0.25, -0.2) is 0 Å². The van der Waals surface area contributed by atoms with Gasteiger partial charge in [0.1, 0.15) is 5.82 Å². The summed E-state index contributed by atoms with van der Waals surface area (Å²) in [5, 5.41) is 4.38. The van der Waals surface area contributed by atoms with Gasteiger partial charge in [0.15, 0.2) is 0 Å². The van der Waals surface area contributed by atoms with Crippen LogP contribution in [0.5, 0.6) is 0 Å². The second-order valence-corrected chi connectivity index (χ2v) is 5.25. The third kappa shape index (κ3) is 3.00. The molecule has 4 nitrogen and oxygen atoms in total. The van der Waals surface area contributed by atoms with Crippen molar-refractivity contribution in [3.8, 4) is 0 Å². The molecule has 0 unspecified atom stereocenters. The molecule has 2 rings (SSSR count). The van der Waals surface area contributed by atoms with Gasteiger partial charge in [-0.1, -0.05) is 6.92 Å². The molecule has 1 aromatic heterocycles. The first-order valence-corrected chi connectivity index (χ1v) is 6.62. The van der Waals surface area contributed by atoms with Crippen LogP contribution in [-0.2, 0) is 13.6 Å². The van der Waals surface area contributed by atoms with Crippen LogP contribution in [0, 0.1) is 12.8 Å². The third-order valence-electron chi connectivity index (χ3n) is 3.53. The monoisotopic (exact) mass is 236 g/mol. The van der Waals surface area contributed by atoms with E-state index < -0.39 is 0 Å². The Hall–Kier alpha value is -1.03. The smallest absolute Gasteiger partial charge is 0.126 e. The molecule has 0 aliphatic heterocycles. The standard InChI is InChI=1S/C13H24N4/c1-4-7-17(8-11-5-6-11)9-12-10(2)15-16(3)13(12)14/h11H,4-9,14H2,1-3H3. The lowest BCUT2D eigenvalue weighted by molar-refractivity contribution is 0.255. The van der Waals surface area contributed by atoms with E-state index in [1.165, 1.54) is 31.4 Å². The van der Waals surface area contributed by atoms with Crippen molar-refractivity contribution in [3.63, 3.8) is 0 Å². The van der Waals surface area contributed by atoms with Gasteiger partial charge in [-0.15, -0.1) is 0 Å². The molecule has 0 saturated heterocycles. The molecule has 0 amide bonds. The van der Waals surface area contributed by atoms with E-state index in [4.69, 9.17) is 5.73 Å². The van der Waals surface area contributed by atoms with Gasteiger partial charge in [0, 0.05) is 25.7 Å². The Labute approximate surface area is 104 Å². The predicted octanol–water partition coefficient (Wildman–Crippen LogP) is 1.93. The molecule has 17 heavy (non-hydrogen) atoms. The number of aryl methyl sites for hydroxylation is 2. The summed E-state index contributed by atoms with van der Waals surface area (Å²) in [6.45, 7) is 7.62. The number of aromatic nitrogens is 2. The molecule has 0 aromatic carbocycles. The number of nitrogens with two attached hydrogens (primary N) is 1. The van der Waals surface area contributed by atoms with Gasteiger partial charge in [0.2, 0.25) is 0 Å². The zero-order valence-corrected chi connectivity index (χ0v) is 11.2. The van der Waals surface area contributed by atoms with E-state index in [9.17, 15) is 0 Å². The molecule has 0 bridgehead atoms. The largest absolute Gasteiger partial charge is 0.384 e. The van der Waals surface area contributed by atoms with Crippen LogP contribution >= 0.6 is 0 Å². The summed E-state index contributed by atoms with van der Waals surface area (Å²) in [7, 11) is 1.91. The molecule has 4 heteroatoms. The third-order valence-corrected chi connectivity index (χ3v) is 3.53. The maximum absolute atomic E-state index is 6.07. The summed E-state index contributed by atoms with van der Waals surface area (Å²) in [6, 6.07) is 0. The molecule has 2 N–H and O–H groups in total. The molecule has 0 atom stereocenters. The molecule has 1 aliphatic carbocycles. The van der Waals surface area contributed by atoms with Gasteiger partial charge in [-0.05, 0) is 38.6 Å². The summed E-state index contributed by atoms with van der Waals surface area (Å²) in [6.07, 6.45) is 4.01. The van der Waals surface area contributed by atoms with E-state index in [1.807, 2.05) is 14.0 Å². The van der Waals surface area contributed by atoms with Crippen LogP contribution in [-0.4, -0.2) is 27.8 Å². The molecule has 0 radical (unpaired) electrons. The van der Waals surface area contributed by atoms with Crippen LogP contribution in [0.15, 0.2) is 0 Å². The van der Waals surface area contributed by atoms with Crippen molar-refractivity contribution in [3.05, 3.63) is 11.3 Å². The first kappa shape index (κ1) is 12.4. The minimum absolute atomic E-state index is 0.819. The first-order valence-electron chi connectivity index (χ1n) is 6.62. The summed E-state index contributed by atoms with van der Waals surface area (Å²) < 4.78 is 1.78. The van der Waals surface area contributed by atoms with Gasteiger partial charge < -0.3 is 5.73 Å². The Morgan fingerprint density at radius 3 is 2.65 bits per heavy atom. The lowest BCUT2D eigenvalue weighted by atomic mass is 10.2. The van der Waals surface area contributed by atoms with Crippen LogP contribution < -0.4 is 5.73 Å². The quantitative estimate of drug-likeness (QED) is 0.821. The summed E-state index contributed by atoms with van der Waals surface area (Å²) in [5.41, 5.74) is 8.35. The Bertz CT molecular complexity index is 379. The molecular formula is C13H24N4. The molecule has 1 aromatic rings. The minimum Gasteiger partial charge on any atom is -0.384 e. The van der Waals surface area contributed by atoms with Crippen LogP contribution in [0.25, 0.3) is 0 Å². The highest BCUT2D eigenvalue weighted by Gasteiger charge is 2.25. The van der Waals surface area contributed by atoms with Crippen molar-refractivity contribution in [2.24, 2.45) is 13.0 Å². The molecule has 1 fully saturated rings. The van der Waals surface area contributed by atoms with Gasteiger partial charge in [0.25, 0.3) is 0 Å². The summed E-state index contributed by atoms with van der Waals surface area (Å²) in [5.74, 6) is 1.75. The SMILES string of the molecule is CCCN(Cc1c(C)nn(C)c1N)CC1CC1. The van der Waals surface area contributed by atoms with Gasteiger partial charge in [-0.2, -0.15) is 5.10 Å². The van der Waals surface area contributed by atoms with Crippen molar-refractivity contribution >= 4 is 5.82 Å². The zero-order chi connectivity index (χ0) is 12.4. The molecular weight excluding hydrogens is 212 g/mol. The number of nitrogen functional groups attached to an aromatic ring is 1. The molecule has 0 spiro atoms. The number of anilines is 1. The molecule has 96 valence electrons. The second-order valence-electron chi connectivity index (χ2n) is 5.25. The van der Waals surface area contributed by atoms with E-state index in [2.05, 4.69) is 16.9 Å². The topological polar surface area (TPSA) is 47.1 Å². The van der Waals surface area contributed by atoms with Crippen LogP contribution in [0.1, 0.15) is 37.4 Å². The first-order chi connectivity index (χ1) is 8.11. The predicted molar refractivity (Wildman–Crippen MR) is 70.6 cm³/mol. The Balaban J connectivity index is 2.04.